The molecule has 0 aromatic heterocycles. The summed E-state index contributed by atoms with van der Waals surface area (Å²) in [5.41, 5.74) is 4.59. The Morgan fingerprint density at radius 3 is 2.35 bits per heavy atom. The van der Waals surface area contributed by atoms with Crippen LogP contribution in [0.3, 0.4) is 0 Å². The summed E-state index contributed by atoms with van der Waals surface area (Å²) in [4.78, 5) is 13.3. The Hall–Kier alpha value is -1.57. The standard InChI is InChI=1S/C44H68O2/c1-7-8-12-32-13-15-33(16-14-32)34-17-19-35(20-18-34)42(45)46-37-25-27-43(5)36(29-37)21-22-38-40-24-23-39(31(4)11-9-10-30(2)3)44(40,6)28-26-41(38)43/h17-21,30-33,37-41H,7-16,22-29H2,1-6H3/t31?,32?,33?,37-,38?,39+,40?,41?,43-,44+/m0/s1. The van der Waals surface area contributed by atoms with E-state index in [1.54, 1.807) is 5.57 Å². The Morgan fingerprint density at radius 2 is 1.63 bits per heavy atom. The summed E-state index contributed by atoms with van der Waals surface area (Å²) in [6, 6.07) is 8.51. The van der Waals surface area contributed by atoms with E-state index in [0.29, 0.717) is 16.7 Å². The molecular weight excluding hydrogens is 560 g/mol. The van der Waals surface area contributed by atoms with Crippen LogP contribution in [-0.2, 0) is 4.74 Å². The van der Waals surface area contributed by atoms with Crippen LogP contribution in [0.15, 0.2) is 35.9 Å². The number of hydrogen-bond donors (Lipinski definition) is 0. The first-order valence-electron chi connectivity index (χ1n) is 20.1. The highest BCUT2D eigenvalue weighted by Gasteiger charge is 2.59. The highest BCUT2D eigenvalue weighted by atomic mass is 16.5. The molecule has 256 valence electrons. The molecule has 0 saturated heterocycles. The SMILES string of the molecule is CCCCC1CCC(c2ccc(C(=O)O[C@H]3CC[C@@]4(C)C(=CCC5C4CC[C@@]4(C)C5CC[C@@H]4C(C)CCCC(C)C)C3)cc2)CC1. The zero-order valence-corrected chi connectivity index (χ0v) is 30.6. The molecule has 0 aliphatic heterocycles. The van der Waals surface area contributed by atoms with Gasteiger partial charge in [-0.1, -0.05) is 104 Å². The van der Waals surface area contributed by atoms with Crippen LogP contribution in [0.2, 0.25) is 0 Å². The molecule has 6 rings (SSSR count). The summed E-state index contributed by atoms with van der Waals surface area (Å²) >= 11 is 0. The summed E-state index contributed by atoms with van der Waals surface area (Å²) in [5, 5.41) is 0. The molecule has 2 nitrogen and oxygen atoms in total. The van der Waals surface area contributed by atoms with E-state index >= 15 is 0 Å². The number of benzene rings is 1. The number of fused-ring (bicyclic) bond motifs is 5. The molecule has 5 aliphatic carbocycles. The van der Waals surface area contributed by atoms with E-state index in [-0.39, 0.29) is 12.1 Å². The number of ether oxygens (including phenoxy) is 1. The highest BCUT2D eigenvalue weighted by Crippen LogP contribution is 2.67. The third-order valence-corrected chi connectivity index (χ3v) is 15.0. The first-order chi connectivity index (χ1) is 22.1. The highest BCUT2D eigenvalue weighted by molar-refractivity contribution is 5.89. The molecule has 0 amide bonds. The third kappa shape index (κ3) is 6.94. The number of carbonyl (C=O) groups excluding carboxylic acids is 1. The zero-order valence-electron chi connectivity index (χ0n) is 30.6. The molecule has 2 heteroatoms. The Bertz CT molecular complexity index is 1190. The maximum atomic E-state index is 13.3. The van der Waals surface area contributed by atoms with Gasteiger partial charge < -0.3 is 4.74 Å². The third-order valence-electron chi connectivity index (χ3n) is 15.0. The van der Waals surface area contributed by atoms with Gasteiger partial charge in [0.05, 0.1) is 5.56 Å². The Morgan fingerprint density at radius 1 is 0.870 bits per heavy atom. The van der Waals surface area contributed by atoms with Crippen LogP contribution in [0.5, 0.6) is 0 Å². The Balaban J connectivity index is 1.03. The molecule has 4 unspecified atom stereocenters. The van der Waals surface area contributed by atoms with E-state index < -0.39 is 0 Å². The van der Waals surface area contributed by atoms with Crippen molar-refractivity contribution in [1.29, 1.82) is 0 Å². The molecule has 1 aromatic rings. The predicted molar refractivity (Wildman–Crippen MR) is 193 cm³/mol. The number of carbonyl (C=O) groups is 1. The van der Waals surface area contributed by atoms with Gasteiger partial charge in [0.25, 0.3) is 0 Å². The van der Waals surface area contributed by atoms with Gasteiger partial charge in [0, 0.05) is 6.42 Å². The van der Waals surface area contributed by atoms with E-state index in [1.807, 2.05) is 12.1 Å². The summed E-state index contributed by atoms with van der Waals surface area (Å²) < 4.78 is 6.24. The lowest BCUT2D eigenvalue weighted by atomic mass is 9.47. The molecule has 46 heavy (non-hydrogen) atoms. The van der Waals surface area contributed by atoms with Crippen LogP contribution < -0.4 is 0 Å². The van der Waals surface area contributed by atoms with E-state index in [1.165, 1.54) is 108 Å². The minimum Gasteiger partial charge on any atom is -0.458 e. The second-order valence-electron chi connectivity index (χ2n) is 18.0. The molecular formula is C44H68O2. The fourth-order valence-corrected chi connectivity index (χ4v) is 12.1. The van der Waals surface area contributed by atoms with Crippen LogP contribution in [0.25, 0.3) is 0 Å². The summed E-state index contributed by atoms with van der Waals surface area (Å²) in [6.07, 6.45) is 26.4. The maximum absolute atomic E-state index is 13.3. The molecule has 1 aromatic carbocycles. The number of allylic oxidation sites excluding steroid dienone is 1. The van der Waals surface area contributed by atoms with Crippen molar-refractivity contribution in [3.05, 3.63) is 47.0 Å². The van der Waals surface area contributed by atoms with Crippen molar-refractivity contribution in [2.24, 2.45) is 52.3 Å². The van der Waals surface area contributed by atoms with E-state index in [0.717, 1.165) is 59.8 Å². The van der Waals surface area contributed by atoms with Crippen molar-refractivity contribution in [2.75, 3.05) is 0 Å². The van der Waals surface area contributed by atoms with Gasteiger partial charge in [-0.3, -0.25) is 0 Å². The smallest absolute Gasteiger partial charge is 0.338 e. The topological polar surface area (TPSA) is 26.3 Å². The van der Waals surface area contributed by atoms with Crippen LogP contribution in [0.4, 0.5) is 0 Å². The normalized spacial score (nSPS) is 38.0. The van der Waals surface area contributed by atoms with E-state index in [2.05, 4.69) is 59.8 Å². The number of hydrogen-bond acceptors (Lipinski definition) is 2. The monoisotopic (exact) mass is 629 g/mol. The minimum absolute atomic E-state index is 0.0258. The van der Waals surface area contributed by atoms with Crippen LogP contribution >= 0.6 is 0 Å². The Kier molecular flexibility index (Phi) is 10.8. The van der Waals surface area contributed by atoms with Crippen molar-refractivity contribution >= 4 is 5.97 Å². The van der Waals surface area contributed by atoms with Crippen molar-refractivity contribution < 1.29 is 9.53 Å². The summed E-state index contributed by atoms with van der Waals surface area (Å²) in [7, 11) is 0. The van der Waals surface area contributed by atoms with Gasteiger partial charge in [-0.25, -0.2) is 4.79 Å². The lowest BCUT2D eigenvalue weighted by Crippen LogP contribution is -2.51. The fourth-order valence-electron chi connectivity index (χ4n) is 12.1. The average molecular weight is 629 g/mol. The van der Waals surface area contributed by atoms with Gasteiger partial charge in [-0.15, -0.1) is 0 Å². The molecule has 0 spiro atoms. The first kappa shape index (κ1) is 34.3. The van der Waals surface area contributed by atoms with Gasteiger partial charge >= 0.3 is 5.97 Å². The molecule has 5 aliphatic rings. The fraction of sp³-hybridized carbons (Fsp3) is 0.795. The second kappa shape index (κ2) is 14.5. The largest absolute Gasteiger partial charge is 0.458 e. The van der Waals surface area contributed by atoms with Crippen molar-refractivity contribution in [2.45, 2.75) is 169 Å². The molecule has 4 fully saturated rings. The van der Waals surface area contributed by atoms with Gasteiger partial charge in [-0.05, 0) is 146 Å². The lowest BCUT2D eigenvalue weighted by Gasteiger charge is -2.58. The second-order valence-corrected chi connectivity index (χ2v) is 18.0. The Labute approximate surface area is 283 Å². The number of esters is 1. The summed E-state index contributed by atoms with van der Waals surface area (Å²) in [5.74, 6) is 6.64. The zero-order chi connectivity index (χ0) is 32.5. The number of rotatable bonds is 11. The van der Waals surface area contributed by atoms with E-state index in [4.69, 9.17) is 4.74 Å². The molecule has 8 atom stereocenters. The maximum Gasteiger partial charge on any atom is 0.338 e. The van der Waals surface area contributed by atoms with Gasteiger partial charge in [0.1, 0.15) is 6.10 Å². The van der Waals surface area contributed by atoms with Crippen LogP contribution in [-0.4, -0.2) is 12.1 Å². The first-order valence-corrected chi connectivity index (χ1v) is 20.1. The van der Waals surface area contributed by atoms with Crippen molar-refractivity contribution in [3.8, 4) is 0 Å². The van der Waals surface area contributed by atoms with Gasteiger partial charge in [-0.2, -0.15) is 0 Å². The van der Waals surface area contributed by atoms with Gasteiger partial charge in [0.2, 0.25) is 0 Å². The van der Waals surface area contributed by atoms with Crippen molar-refractivity contribution in [3.63, 3.8) is 0 Å². The summed E-state index contributed by atoms with van der Waals surface area (Å²) in [6.45, 7) is 14.9. The molecule has 0 bridgehead atoms. The molecule has 4 saturated carbocycles. The minimum atomic E-state index is -0.120. The van der Waals surface area contributed by atoms with Crippen molar-refractivity contribution in [1.82, 2.24) is 0 Å². The average Bonchev–Trinajstić information content (AvgIpc) is 3.41. The lowest BCUT2D eigenvalue weighted by molar-refractivity contribution is -0.0594. The molecule has 0 radical (unpaired) electrons. The van der Waals surface area contributed by atoms with Gasteiger partial charge in [0.15, 0.2) is 0 Å². The quantitative estimate of drug-likeness (QED) is 0.180. The van der Waals surface area contributed by atoms with E-state index in [9.17, 15) is 4.79 Å². The predicted octanol–water partition coefficient (Wildman–Crippen LogP) is 12.7. The van der Waals surface area contributed by atoms with Crippen LogP contribution in [0.1, 0.15) is 179 Å². The number of unbranched alkanes of at least 4 members (excludes halogenated alkanes) is 1. The van der Waals surface area contributed by atoms with Crippen LogP contribution in [0, 0.1) is 52.3 Å². The molecule has 0 heterocycles. The molecule has 0 N–H and O–H groups in total.